The SMILES string of the molecule is CO[C@H]1CN(C(=O)OC(C)(C)C)C[C@H]1NC(=O)c1ccccc1SC[C@@H]1CCCO1. The summed E-state index contributed by atoms with van der Waals surface area (Å²) in [6.45, 7) is 7.05. The van der Waals surface area contributed by atoms with Crippen LogP contribution < -0.4 is 5.32 Å². The lowest BCUT2D eigenvalue weighted by molar-refractivity contribution is 0.0252. The van der Waals surface area contributed by atoms with Crippen molar-refractivity contribution in [2.45, 2.75) is 62.4 Å². The zero-order valence-corrected chi connectivity index (χ0v) is 19.0. The summed E-state index contributed by atoms with van der Waals surface area (Å²) in [6.07, 6.45) is 1.74. The van der Waals surface area contributed by atoms with Crippen LogP contribution in [0.25, 0.3) is 0 Å². The number of hydrogen-bond donors (Lipinski definition) is 1. The highest BCUT2D eigenvalue weighted by Crippen LogP contribution is 2.27. The Bertz CT molecular complexity index is 745. The molecule has 2 aliphatic heterocycles. The molecule has 1 aromatic rings. The fourth-order valence-electron chi connectivity index (χ4n) is 3.61. The molecule has 7 nitrogen and oxygen atoms in total. The molecule has 2 aliphatic rings. The van der Waals surface area contributed by atoms with Crippen molar-refractivity contribution < 1.29 is 23.8 Å². The van der Waals surface area contributed by atoms with E-state index in [2.05, 4.69) is 5.32 Å². The highest BCUT2D eigenvalue weighted by atomic mass is 32.2. The molecule has 0 bridgehead atoms. The van der Waals surface area contributed by atoms with E-state index in [9.17, 15) is 9.59 Å². The maximum atomic E-state index is 13.0. The van der Waals surface area contributed by atoms with E-state index in [0.717, 1.165) is 30.1 Å². The van der Waals surface area contributed by atoms with Crippen LogP contribution in [0.3, 0.4) is 0 Å². The van der Waals surface area contributed by atoms with Crippen molar-refractivity contribution in [1.82, 2.24) is 10.2 Å². The highest BCUT2D eigenvalue weighted by molar-refractivity contribution is 7.99. The first kappa shape index (κ1) is 22.9. The van der Waals surface area contributed by atoms with Crippen molar-refractivity contribution in [2.75, 3.05) is 32.6 Å². The molecule has 0 spiro atoms. The maximum absolute atomic E-state index is 13.0. The number of nitrogens with one attached hydrogen (secondary N) is 1. The number of likely N-dealkylation sites (tertiary alicyclic amines) is 1. The minimum absolute atomic E-state index is 0.163. The van der Waals surface area contributed by atoms with E-state index in [-0.39, 0.29) is 24.2 Å². The third-order valence-corrected chi connectivity index (χ3v) is 6.32. The molecular weight excluding hydrogens is 404 g/mol. The third-order valence-electron chi connectivity index (χ3n) is 5.12. The molecule has 166 valence electrons. The Morgan fingerprint density at radius 1 is 1.27 bits per heavy atom. The number of hydrogen-bond acceptors (Lipinski definition) is 6. The van der Waals surface area contributed by atoms with Gasteiger partial charge in [-0.15, -0.1) is 11.8 Å². The minimum atomic E-state index is -0.569. The van der Waals surface area contributed by atoms with Gasteiger partial charge in [0.2, 0.25) is 0 Å². The Balaban J connectivity index is 1.62. The fraction of sp³-hybridized carbons (Fsp3) is 0.636. The summed E-state index contributed by atoms with van der Waals surface area (Å²) >= 11 is 1.65. The van der Waals surface area contributed by atoms with Gasteiger partial charge in [0.15, 0.2) is 0 Å². The number of methoxy groups -OCH3 is 1. The number of amides is 2. The number of ether oxygens (including phenoxy) is 3. The zero-order chi connectivity index (χ0) is 21.7. The van der Waals surface area contributed by atoms with Crippen molar-refractivity contribution in [1.29, 1.82) is 0 Å². The first-order valence-electron chi connectivity index (χ1n) is 10.4. The average molecular weight is 437 g/mol. The quantitative estimate of drug-likeness (QED) is 0.690. The van der Waals surface area contributed by atoms with Crippen LogP contribution >= 0.6 is 11.8 Å². The molecule has 2 heterocycles. The van der Waals surface area contributed by atoms with Gasteiger partial charge >= 0.3 is 6.09 Å². The van der Waals surface area contributed by atoms with Crippen LogP contribution in [0.2, 0.25) is 0 Å². The molecule has 2 amide bonds. The van der Waals surface area contributed by atoms with Crippen molar-refractivity contribution in [3.63, 3.8) is 0 Å². The number of carbonyl (C=O) groups is 2. The van der Waals surface area contributed by atoms with Crippen molar-refractivity contribution in [3.8, 4) is 0 Å². The summed E-state index contributed by atoms with van der Waals surface area (Å²) in [5.74, 6) is 0.671. The minimum Gasteiger partial charge on any atom is -0.444 e. The van der Waals surface area contributed by atoms with Gasteiger partial charge in [0.05, 0.1) is 30.4 Å². The summed E-state index contributed by atoms with van der Waals surface area (Å²) in [5.41, 5.74) is 0.0614. The molecule has 0 saturated carbocycles. The Hall–Kier alpha value is -1.77. The molecule has 1 aromatic carbocycles. The number of nitrogens with zero attached hydrogens (tertiary/aromatic N) is 1. The van der Waals surface area contributed by atoms with E-state index in [1.807, 2.05) is 45.0 Å². The van der Waals surface area contributed by atoms with Crippen LogP contribution in [0, 0.1) is 0 Å². The summed E-state index contributed by atoms with van der Waals surface area (Å²) in [5, 5.41) is 3.05. The Kier molecular flexibility index (Phi) is 7.65. The van der Waals surface area contributed by atoms with Gasteiger partial charge in [-0.2, -0.15) is 0 Å². The van der Waals surface area contributed by atoms with Gasteiger partial charge in [0.25, 0.3) is 5.91 Å². The topological polar surface area (TPSA) is 77.1 Å². The second-order valence-electron chi connectivity index (χ2n) is 8.68. The van der Waals surface area contributed by atoms with Gasteiger partial charge in [-0.1, -0.05) is 12.1 Å². The first-order chi connectivity index (χ1) is 14.3. The Morgan fingerprint density at radius 3 is 2.70 bits per heavy atom. The molecule has 3 rings (SSSR count). The molecule has 2 saturated heterocycles. The second-order valence-corrected chi connectivity index (χ2v) is 9.74. The second kappa shape index (κ2) is 10.0. The number of thioether (sulfide) groups is 1. The predicted molar refractivity (Wildman–Crippen MR) is 116 cm³/mol. The first-order valence-corrected chi connectivity index (χ1v) is 11.4. The number of carbonyl (C=O) groups excluding carboxylic acids is 2. The lowest BCUT2D eigenvalue weighted by Crippen LogP contribution is -2.44. The highest BCUT2D eigenvalue weighted by Gasteiger charge is 2.38. The molecule has 1 N–H and O–H groups in total. The maximum Gasteiger partial charge on any atom is 0.410 e. The Morgan fingerprint density at radius 2 is 2.03 bits per heavy atom. The van der Waals surface area contributed by atoms with Gasteiger partial charge in [0.1, 0.15) is 5.60 Å². The lowest BCUT2D eigenvalue weighted by Gasteiger charge is -2.24. The van der Waals surface area contributed by atoms with E-state index in [1.54, 1.807) is 23.8 Å². The van der Waals surface area contributed by atoms with Crippen LogP contribution in [0.15, 0.2) is 29.2 Å². The van der Waals surface area contributed by atoms with Crippen LogP contribution in [0.5, 0.6) is 0 Å². The zero-order valence-electron chi connectivity index (χ0n) is 18.2. The Labute approximate surface area is 182 Å². The van der Waals surface area contributed by atoms with E-state index in [1.165, 1.54) is 0 Å². The smallest absolute Gasteiger partial charge is 0.410 e. The monoisotopic (exact) mass is 436 g/mol. The van der Waals surface area contributed by atoms with Crippen LogP contribution in [0.1, 0.15) is 44.0 Å². The van der Waals surface area contributed by atoms with Gasteiger partial charge in [-0.05, 0) is 45.7 Å². The fourth-order valence-corrected chi connectivity index (χ4v) is 4.73. The molecule has 2 fully saturated rings. The number of rotatable bonds is 6. The molecule has 0 aromatic heterocycles. The van der Waals surface area contributed by atoms with Crippen molar-refractivity contribution in [2.24, 2.45) is 0 Å². The lowest BCUT2D eigenvalue weighted by atomic mass is 10.1. The summed E-state index contributed by atoms with van der Waals surface area (Å²) in [6, 6.07) is 7.29. The standard InChI is InChI=1S/C22H32N2O5S/c1-22(2,3)29-21(26)24-12-17(18(13-24)27-4)23-20(25)16-9-5-6-10-19(16)30-14-15-8-7-11-28-15/h5-6,9-10,15,17-18H,7-8,11-14H2,1-4H3,(H,23,25)/t15-,17+,18-/m0/s1. The van der Waals surface area contributed by atoms with E-state index in [4.69, 9.17) is 14.2 Å². The van der Waals surface area contributed by atoms with Gasteiger partial charge in [-0.3, -0.25) is 4.79 Å². The van der Waals surface area contributed by atoms with E-state index >= 15 is 0 Å². The largest absolute Gasteiger partial charge is 0.444 e. The van der Waals surface area contributed by atoms with Crippen molar-refractivity contribution >= 4 is 23.8 Å². The average Bonchev–Trinajstić information content (AvgIpc) is 3.35. The molecule has 0 radical (unpaired) electrons. The summed E-state index contributed by atoms with van der Waals surface area (Å²) in [4.78, 5) is 28.0. The van der Waals surface area contributed by atoms with E-state index in [0.29, 0.717) is 18.7 Å². The molecule has 8 heteroatoms. The normalized spacial score (nSPS) is 24.1. The third kappa shape index (κ3) is 6.12. The molecule has 3 atom stereocenters. The van der Waals surface area contributed by atoms with Gasteiger partial charge in [-0.25, -0.2) is 4.79 Å². The van der Waals surface area contributed by atoms with Crippen molar-refractivity contribution in [3.05, 3.63) is 29.8 Å². The van der Waals surface area contributed by atoms with Crippen LogP contribution in [-0.2, 0) is 14.2 Å². The molecule has 0 unspecified atom stereocenters. The molecule has 0 aliphatic carbocycles. The molecule has 30 heavy (non-hydrogen) atoms. The van der Waals surface area contributed by atoms with Crippen LogP contribution in [0.4, 0.5) is 4.79 Å². The summed E-state index contributed by atoms with van der Waals surface area (Å²) < 4.78 is 16.7. The molecular formula is C22H32N2O5S. The van der Waals surface area contributed by atoms with Gasteiger partial charge < -0.3 is 24.4 Å². The summed E-state index contributed by atoms with van der Waals surface area (Å²) in [7, 11) is 1.59. The van der Waals surface area contributed by atoms with Gasteiger partial charge in [0, 0.05) is 30.9 Å². The predicted octanol–water partition coefficient (Wildman–Crippen LogP) is 3.32. The number of benzene rings is 1. The van der Waals surface area contributed by atoms with E-state index < -0.39 is 11.7 Å². The van der Waals surface area contributed by atoms with Crippen LogP contribution in [-0.4, -0.2) is 73.3 Å².